The molecule has 0 radical (unpaired) electrons. The largest absolute Gasteiger partial charge is 0.356 e. The Morgan fingerprint density at radius 2 is 1.74 bits per heavy atom. The molecule has 0 heterocycles. The highest BCUT2D eigenvalue weighted by Gasteiger charge is 2.04. The highest BCUT2D eigenvalue weighted by Crippen LogP contribution is 2.10. The molecule has 0 aromatic heterocycles. The van der Waals surface area contributed by atoms with E-state index in [1.54, 1.807) is 0 Å². The maximum Gasteiger partial charge on any atom is 0.224 e. The lowest BCUT2D eigenvalue weighted by molar-refractivity contribution is -0.120. The van der Waals surface area contributed by atoms with Crippen molar-refractivity contribution in [2.45, 2.75) is 19.4 Å². The maximum atomic E-state index is 11.9. The van der Waals surface area contributed by atoms with E-state index in [9.17, 15) is 4.79 Å². The maximum absolute atomic E-state index is 11.9. The fourth-order valence-corrected chi connectivity index (χ4v) is 2.67. The van der Waals surface area contributed by atoms with Gasteiger partial charge in [-0.25, -0.2) is 0 Å². The van der Waals surface area contributed by atoms with E-state index in [-0.39, 0.29) is 5.91 Å². The number of rotatable bonds is 8. The lowest BCUT2D eigenvalue weighted by Gasteiger charge is -2.16. The van der Waals surface area contributed by atoms with Crippen LogP contribution in [-0.2, 0) is 17.8 Å². The molecule has 0 saturated carbocycles. The first-order valence-corrected chi connectivity index (χ1v) is 8.66. The predicted molar refractivity (Wildman–Crippen MR) is 98.2 cm³/mol. The summed E-state index contributed by atoms with van der Waals surface area (Å²) in [7, 11) is 2.11. The molecule has 3 nitrogen and oxygen atoms in total. The molecule has 23 heavy (non-hydrogen) atoms. The van der Waals surface area contributed by atoms with Crippen LogP contribution < -0.4 is 5.32 Å². The summed E-state index contributed by atoms with van der Waals surface area (Å²) in [6.07, 6.45) is 1.39. The number of amides is 1. The third-order valence-electron chi connectivity index (χ3n) is 3.61. The highest BCUT2D eigenvalue weighted by atomic mass is 79.9. The quantitative estimate of drug-likeness (QED) is 0.715. The summed E-state index contributed by atoms with van der Waals surface area (Å²) >= 11 is 3.39. The monoisotopic (exact) mass is 374 g/mol. The van der Waals surface area contributed by atoms with Crippen LogP contribution in [0.2, 0.25) is 0 Å². The number of nitrogens with zero attached hydrogens (tertiary/aromatic N) is 1. The normalized spacial score (nSPS) is 10.7. The molecule has 4 heteroatoms. The summed E-state index contributed by atoms with van der Waals surface area (Å²) in [5.41, 5.74) is 2.35. The second kappa shape index (κ2) is 9.48. The van der Waals surface area contributed by atoms with Crippen molar-refractivity contribution in [2.75, 3.05) is 20.1 Å². The Hall–Kier alpha value is -1.65. The third-order valence-corrected chi connectivity index (χ3v) is 4.14. The molecule has 1 amide bonds. The topological polar surface area (TPSA) is 32.3 Å². The van der Waals surface area contributed by atoms with Crippen LogP contribution in [0.4, 0.5) is 0 Å². The molecular formula is C19H23BrN2O. The van der Waals surface area contributed by atoms with Crippen molar-refractivity contribution in [3.8, 4) is 0 Å². The van der Waals surface area contributed by atoms with Crippen molar-refractivity contribution in [1.29, 1.82) is 0 Å². The summed E-state index contributed by atoms with van der Waals surface area (Å²) in [6, 6.07) is 18.3. The number of carbonyl (C=O) groups excluding carboxylic acids is 1. The van der Waals surface area contributed by atoms with Crippen molar-refractivity contribution < 1.29 is 4.79 Å². The Bertz CT molecular complexity index is 599. The van der Waals surface area contributed by atoms with Crippen molar-refractivity contribution in [2.24, 2.45) is 0 Å². The minimum atomic E-state index is 0.0815. The molecule has 122 valence electrons. The zero-order chi connectivity index (χ0) is 16.5. The minimum absolute atomic E-state index is 0.0815. The Labute approximate surface area is 146 Å². The van der Waals surface area contributed by atoms with Gasteiger partial charge in [0, 0.05) is 17.6 Å². The van der Waals surface area contributed by atoms with Crippen molar-refractivity contribution in [3.05, 3.63) is 70.2 Å². The van der Waals surface area contributed by atoms with Crippen LogP contribution in [0.1, 0.15) is 17.5 Å². The first-order valence-electron chi connectivity index (χ1n) is 7.87. The number of carbonyl (C=O) groups is 1. The Morgan fingerprint density at radius 1 is 1.04 bits per heavy atom. The number of hydrogen-bond donors (Lipinski definition) is 1. The third kappa shape index (κ3) is 6.97. The van der Waals surface area contributed by atoms with Gasteiger partial charge in [-0.05, 0) is 43.3 Å². The van der Waals surface area contributed by atoms with Gasteiger partial charge in [0.2, 0.25) is 5.91 Å². The smallest absolute Gasteiger partial charge is 0.224 e. The molecule has 0 unspecified atom stereocenters. The fourth-order valence-electron chi connectivity index (χ4n) is 2.40. The van der Waals surface area contributed by atoms with Gasteiger partial charge in [-0.1, -0.05) is 58.4 Å². The van der Waals surface area contributed by atoms with Crippen molar-refractivity contribution >= 4 is 21.8 Å². The van der Waals surface area contributed by atoms with E-state index in [2.05, 4.69) is 57.5 Å². The number of benzene rings is 2. The van der Waals surface area contributed by atoms with Crippen LogP contribution in [-0.4, -0.2) is 30.9 Å². The zero-order valence-corrected chi connectivity index (χ0v) is 15.1. The van der Waals surface area contributed by atoms with Crippen LogP contribution in [0, 0.1) is 0 Å². The highest BCUT2D eigenvalue weighted by molar-refractivity contribution is 9.10. The van der Waals surface area contributed by atoms with E-state index in [1.165, 1.54) is 5.56 Å². The van der Waals surface area contributed by atoms with Crippen LogP contribution >= 0.6 is 15.9 Å². The van der Waals surface area contributed by atoms with E-state index in [1.807, 2.05) is 30.3 Å². The Balaban J connectivity index is 1.61. The molecular weight excluding hydrogens is 352 g/mol. The molecule has 1 N–H and O–H groups in total. The van der Waals surface area contributed by atoms with Crippen LogP contribution in [0.25, 0.3) is 0 Å². The zero-order valence-electron chi connectivity index (χ0n) is 13.5. The van der Waals surface area contributed by atoms with Gasteiger partial charge >= 0.3 is 0 Å². The number of nitrogens with one attached hydrogen (secondary N) is 1. The molecule has 2 rings (SSSR count). The predicted octanol–water partition coefficient (Wildman–Crippen LogP) is 3.63. The van der Waals surface area contributed by atoms with Gasteiger partial charge < -0.3 is 10.2 Å². The molecule has 0 aliphatic heterocycles. The average Bonchev–Trinajstić information content (AvgIpc) is 2.55. The van der Waals surface area contributed by atoms with E-state index in [0.717, 1.165) is 29.5 Å². The number of halogens is 1. The van der Waals surface area contributed by atoms with Crippen LogP contribution in [0.5, 0.6) is 0 Å². The Kier molecular flexibility index (Phi) is 7.30. The van der Waals surface area contributed by atoms with Crippen LogP contribution in [0.3, 0.4) is 0 Å². The first-order chi connectivity index (χ1) is 11.1. The molecule has 2 aromatic rings. The lowest BCUT2D eigenvalue weighted by Crippen LogP contribution is -2.29. The standard InChI is InChI=1S/C19H23BrN2O/c1-22(15-17-6-3-2-4-7-17)13-5-12-21-19(23)14-16-8-10-18(20)11-9-16/h2-4,6-11H,5,12-15H2,1H3,(H,21,23). The second-order valence-corrected chi connectivity index (χ2v) is 6.65. The van der Waals surface area contributed by atoms with E-state index in [4.69, 9.17) is 0 Å². The van der Waals surface area contributed by atoms with Crippen molar-refractivity contribution in [3.63, 3.8) is 0 Å². The molecule has 0 aliphatic rings. The van der Waals surface area contributed by atoms with Gasteiger partial charge in [0.1, 0.15) is 0 Å². The molecule has 0 bridgehead atoms. The van der Waals surface area contributed by atoms with Gasteiger partial charge in [0.05, 0.1) is 6.42 Å². The SMILES string of the molecule is CN(CCCNC(=O)Cc1ccc(Br)cc1)Cc1ccccc1. The minimum Gasteiger partial charge on any atom is -0.356 e. The van der Waals surface area contributed by atoms with Gasteiger partial charge in [0.15, 0.2) is 0 Å². The molecule has 0 fully saturated rings. The van der Waals surface area contributed by atoms with Crippen molar-refractivity contribution in [1.82, 2.24) is 10.2 Å². The second-order valence-electron chi connectivity index (χ2n) is 5.73. The summed E-state index contributed by atoms with van der Waals surface area (Å²) in [6.45, 7) is 2.62. The molecule has 0 saturated heterocycles. The molecule has 0 atom stereocenters. The lowest BCUT2D eigenvalue weighted by atomic mass is 10.1. The molecule has 2 aromatic carbocycles. The van der Waals surface area contributed by atoms with Gasteiger partial charge in [-0.2, -0.15) is 0 Å². The van der Waals surface area contributed by atoms with E-state index < -0.39 is 0 Å². The van der Waals surface area contributed by atoms with Gasteiger partial charge in [0.25, 0.3) is 0 Å². The Morgan fingerprint density at radius 3 is 2.43 bits per heavy atom. The van der Waals surface area contributed by atoms with Gasteiger partial charge in [-0.15, -0.1) is 0 Å². The summed E-state index contributed by atoms with van der Waals surface area (Å²) in [5.74, 6) is 0.0815. The summed E-state index contributed by atoms with van der Waals surface area (Å²) in [5, 5.41) is 2.99. The van der Waals surface area contributed by atoms with E-state index >= 15 is 0 Å². The fraction of sp³-hybridized carbons (Fsp3) is 0.316. The first kappa shape index (κ1) is 17.7. The summed E-state index contributed by atoms with van der Waals surface area (Å²) < 4.78 is 1.03. The summed E-state index contributed by atoms with van der Waals surface area (Å²) in [4.78, 5) is 14.2. The van der Waals surface area contributed by atoms with E-state index in [0.29, 0.717) is 13.0 Å². The molecule has 0 spiro atoms. The molecule has 0 aliphatic carbocycles. The van der Waals surface area contributed by atoms with Gasteiger partial charge in [-0.3, -0.25) is 4.79 Å². The van der Waals surface area contributed by atoms with Crippen LogP contribution in [0.15, 0.2) is 59.1 Å². The average molecular weight is 375 g/mol. The number of hydrogen-bond acceptors (Lipinski definition) is 2.